The molecule has 0 aliphatic heterocycles. The lowest BCUT2D eigenvalue weighted by atomic mass is 10.1. The van der Waals surface area contributed by atoms with Crippen LogP contribution in [0.2, 0.25) is 0 Å². The molecule has 20 heavy (non-hydrogen) atoms. The lowest BCUT2D eigenvalue weighted by molar-refractivity contribution is 0.850. The summed E-state index contributed by atoms with van der Waals surface area (Å²) >= 11 is 1.83. The van der Waals surface area contributed by atoms with Crippen molar-refractivity contribution in [2.75, 3.05) is 5.32 Å². The van der Waals surface area contributed by atoms with Crippen LogP contribution in [0.1, 0.15) is 33.8 Å². The average Bonchev–Trinajstić information content (AvgIpc) is 2.93. The molecule has 1 unspecified atom stereocenters. The second-order valence-corrected chi connectivity index (χ2v) is 6.59. The third-order valence-corrected chi connectivity index (χ3v) is 4.43. The van der Waals surface area contributed by atoms with Crippen LogP contribution in [-0.4, -0.2) is 14.6 Å². The molecule has 0 aromatic carbocycles. The van der Waals surface area contributed by atoms with E-state index >= 15 is 0 Å². The van der Waals surface area contributed by atoms with E-state index in [4.69, 9.17) is 0 Å². The summed E-state index contributed by atoms with van der Waals surface area (Å²) in [4.78, 5) is 7.25. The minimum atomic E-state index is 0.206. The first-order chi connectivity index (χ1) is 9.54. The standard InChI is InChI=1S/C15H18N4S/c1-9-6-5-7-19-14(9)17-15(18-19)16-11(3)13-8-10(2)20-12(13)4/h5-8,11H,1-4H3,(H,16,18). The minimum absolute atomic E-state index is 0.206. The predicted molar refractivity (Wildman–Crippen MR) is 83.6 cm³/mol. The number of rotatable bonds is 3. The van der Waals surface area contributed by atoms with E-state index in [0.29, 0.717) is 5.95 Å². The van der Waals surface area contributed by atoms with Gasteiger partial charge >= 0.3 is 0 Å². The SMILES string of the molecule is Cc1cc(C(C)Nc2nc3c(C)cccn3n2)c(C)s1. The molecule has 0 saturated heterocycles. The average molecular weight is 286 g/mol. The largest absolute Gasteiger partial charge is 0.346 e. The molecule has 0 aliphatic rings. The maximum absolute atomic E-state index is 4.56. The van der Waals surface area contributed by atoms with Crippen molar-refractivity contribution in [3.05, 3.63) is 45.3 Å². The highest BCUT2D eigenvalue weighted by molar-refractivity contribution is 7.12. The third kappa shape index (κ3) is 2.29. The van der Waals surface area contributed by atoms with Crippen molar-refractivity contribution in [2.45, 2.75) is 33.7 Å². The van der Waals surface area contributed by atoms with Crippen LogP contribution >= 0.6 is 11.3 Å². The van der Waals surface area contributed by atoms with Gasteiger partial charge in [-0.05, 0) is 51.0 Å². The van der Waals surface area contributed by atoms with Crippen LogP contribution in [0.25, 0.3) is 5.65 Å². The Morgan fingerprint density at radius 1 is 1.30 bits per heavy atom. The molecular formula is C15H18N4S. The fraction of sp³-hybridized carbons (Fsp3) is 0.333. The summed E-state index contributed by atoms with van der Waals surface area (Å²) in [7, 11) is 0. The number of nitrogens with zero attached hydrogens (tertiary/aromatic N) is 3. The molecule has 1 N–H and O–H groups in total. The van der Waals surface area contributed by atoms with Gasteiger partial charge in [-0.1, -0.05) is 6.07 Å². The number of pyridine rings is 1. The fourth-order valence-electron chi connectivity index (χ4n) is 2.45. The van der Waals surface area contributed by atoms with Crippen LogP contribution < -0.4 is 5.32 Å². The predicted octanol–water partition coefficient (Wildman–Crippen LogP) is 3.89. The number of nitrogens with one attached hydrogen (secondary N) is 1. The van der Waals surface area contributed by atoms with Crippen LogP contribution in [0, 0.1) is 20.8 Å². The Bertz CT molecular complexity index is 756. The van der Waals surface area contributed by atoms with E-state index in [1.807, 2.05) is 41.1 Å². The van der Waals surface area contributed by atoms with Crippen LogP contribution in [0.5, 0.6) is 0 Å². The Morgan fingerprint density at radius 2 is 2.10 bits per heavy atom. The number of thiophene rings is 1. The zero-order chi connectivity index (χ0) is 14.3. The van der Waals surface area contributed by atoms with Gasteiger partial charge in [0.25, 0.3) is 0 Å². The number of hydrogen-bond acceptors (Lipinski definition) is 4. The van der Waals surface area contributed by atoms with Crippen molar-refractivity contribution in [3.8, 4) is 0 Å². The summed E-state index contributed by atoms with van der Waals surface area (Å²) in [5, 5.41) is 7.87. The topological polar surface area (TPSA) is 42.2 Å². The first-order valence-electron chi connectivity index (χ1n) is 6.70. The van der Waals surface area contributed by atoms with Crippen molar-refractivity contribution < 1.29 is 0 Å². The summed E-state index contributed by atoms with van der Waals surface area (Å²) in [6, 6.07) is 6.47. The van der Waals surface area contributed by atoms with Gasteiger partial charge in [0, 0.05) is 16.0 Å². The smallest absolute Gasteiger partial charge is 0.243 e. The zero-order valence-corrected chi connectivity index (χ0v) is 13.0. The Labute approximate surface area is 122 Å². The van der Waals surface area contributed by atoms with E-state index < -0.39 is 0 Å². The van der Waals surface area contributed by atoms with Gasteiger partial charge in [0.1, 0.15) is 0 Å². The van der Waals surface area contributed by atoms with E-state index in [9.17, 15) is 0 Å². The summed E-state index contributed by atoms with van der Waals surface area (Å²) < 4.78 is 1.82. The van der Waals surface area contributed by atoms with Gasteiger partial charge in [-0.25, -0.2) is 4.52 Å². The summed E-state index contributed by atoms with van der Waals surface area (Å²) in [6.07, 6.45) is 1.92. The van der Waals surface area contributed by atoms with E-state index in [1.165, 1.54) is 15.3 Å². The Kier molecular flexibility index (Phi) is 3.22. The van der Waals surface area contributed by atoms with Crippen molar-refractivity contribution in [1.29, 1.82) is 0 Å². The molecule has 0 fully saturated rings. The minimum Gasteiger partial charge on any atom is -0.346 e. The fourth-order valence-corrected chi connectivity index (χ4v) is 3.47. The summed E-state index contributed by atoms with van der Waals surface area (Å²) in [5.41, 5.74) is 3.35. The maximum Gasteiger partial charge on any atom is 0.243 e. The van der Waals surface area contributed by atoms with Gasteiger partial charge in [-0.15, -0.1) is 16.4 Å². The molecule has 0 aliphatic carbocycles. The molecule has 0 bridgehead atoms. The molecule has 104 valence electrons. The van der Waals surface area contributed by atoms with Gasteiger partial charge in [-0.3, -0.25) is 0 Å². The van der Waals surface area contributed by atoms with E-state index in [1.54, 1.807) is 0 Å². The molecule has 0 saturated carbocycles. The number of fused-ring (bicyclic) bond motifs is 1. The van der Waals surface area contributed by atoms with Gasteiger partial charge < -0.3 is 5.32 Å². The molecule has 0 spiro atoms. The molecule has 0 amide bonds. The number of aromatic nitrogens is 3. The monoisotopic (exact) mass is 286 g/mol. The van der Waals surface area contributed by atoms with Crippen molar-refractivity contribution >= 4 is 22.9 Å². The highest BCUT2D eigenvalue weighted by Gasteiger charge is 2.13. The molecule has 3 aromatic rings. The van der Waals surface area contributed by atoms with E-state index in [2.05, 4.69) is 42.2 Å². The molecule has 4 nitrogen and oxygen atoms in total. The normalized spacial score (nSPS) is 12.8. The van der Waals surface area contributed by atoms with Crippen LogP contribution in [0.3, 0.4) is 0 Å². The molecular weight excluding hydrogens is 268 g/mol. The maximum atomic E-state index is 4.56. The molecule has 3 heterocycles. The van der Waals surface area contributed by atoms with Crippen LogP contribution in [-0.2, 0) is 0 Å². The lowest BCUT2D eigenvalue weighted by Gasteiger charge is -2.11. The number of hydrogen-bond donors (Lipinski definition) is 1. The summed E-state index contributed by atoms with van der Waals surface area (Å²) in [5.74, 6) is 0.676. The molecule has 5 heteroatoms. The first kappa shape index (κ1) is 13.1. The Balaban J connectivity index is 1.89. The molecule has 1 atom stereocenters. The summed E-state index contributed by atoms with van der Waals surface area (Å²) in [6.45, 7) is 8.49. The first-order valence-corrected chi connectivity index (χ1v) is 7.51. The van der Waals surface area contributed by atoms with Gasteiger partial charge in [0.15, 0.2) is 5.65 Å². The quantitative estimate of drug-likeness (QED) is 0.794. The van der Waals surface area contributed by atoms with Crippen LogP contribution in [0.15, 0.2) is 24.4 Å². The number of aryl methyl sites for hydroxylation is 3. The highest BCUT2D eigenvalue weighted by atomic mass is 32.1. The van der Waals surface area contributed by atoms with E-state index in [0.717, 1.165) is 11.2 Å². The van der Waals surface area contributed by atoms with Crippen molar-refractivity contribution in [1.82, 2.24) is 14.6 Å². The zero-order valence-electron chi connectivity index (χ0n) is 12.1. The Hall–Kier alpha value is -1.88. The number of anilines is 1. The Morgan fingerprint density at radius 3 is 2.75 bits per heavy atom. The second-order valence-electron chi connectivity index (χ2n) is 5.13. The van der Waals surface area contributed by atoms with Gasteiger partial charge in [0.05, 0.1) is 6.04 Å². The molecule has 0 radical (unpaired) electrons. The highest BCUT2D eigenvalue weighted by Crippen LogP contribution is 2.28. The van der Waals surface area contributed by atoms with E-state index in [-0.39, 0.29) is 6.04 Å². The van der Waals surface area contributed by atoms with Crippen LogP contribution in [0.4, 0.5) is 5.95 Å². The molecule has 3 aromatic heterocycles. The molecule has 3 rings (SSSR count). The third-order valence-electron chi connectivity index (χ3n) is 3.45. The lowest BCUT2D eigenvalue weighted by Crippen LogP contribution is -2.08. The second kappa shape index (κ2) is 4.90. The van der Waals surface area contributed by atoms with Gasteiger partial charge in [0.2, 0.25) is 5.95 Å². The van der Waals surface area contributed by atoms with Gasteiger partial charge in [-0.2, -0.15) is 4.98 Å². The van der Waals surface area contributed by atoms with Crippen molar-refractivity contribution in [3.63, 3.8) is 0 Å². The van der Waals surface area contributed by atoms with Crippen molar-refractivity contribution in [2.24, 2.45) is 0 Å².